The molecule has 1 fully saturated rings. The van der Waals surface area contributed by atoms with Crippen LogP contribution >= 0.6 is 0 Å². The van der Waals surface area contributed by atoms with Gasteiger partial charge >= 0.3 is 5.97 Å². The number of methoxy groups -OCH3 is 1. The molecule has 0 saturated carbocycles. The normalized spacial score (nSPS) is 15.4. The number of hydrogen-bond acceptors (Lipinski definition) is 7. The van der Waals surface area contributed by atoms with Crippen LogP contribution in [0, 0.1) is 12.3 Å². The van der Waals surface area contributed by atoms with Crippen molar-refractivity contribution in [3.05, 3.63) is 96.2 Å². The second-order valence-corrected chi connectivity index (χ2v) is 15.0. The zero-order valence-corrected chi connectivity index (χ0v) is 31.7. The van der Waals surface area contributed by atoms with Crippen LogP contribution < -0.4 is 4.90 Å². The second kappa shape index (κ2) is 16.8. The van der Waals surface area contributed by atoms with E-state index in [1.54, 1.807) is 0 Å². The van der Waals surface area contributed by atoms with Gasteiger partial charge < -0.3 is 19.1 Å². The number of anilines is 1. The second-order valence-electron chi connectivity index (χ2n) is 15.0. The fourth-order valence-corrected chi connectivity index (χ4v) is 6.80. The molecule has 8 nitrogen and oxygen atoms in total. The molecule has 1 aliphatic heterocycles. The molecule has 2 aromatic heterocycles. The van der Waals surface area contributed by atoms with Crippen LogP contribution in [-0.2, 0) is 25.4 Å². The molecular formula is C43H56N4O4. The van der Waals surface area contributed by atoms with Gasteiger partial charge in [-0.25, -0.2) is 9.78 Å². The Morgan fingerprint density at radius 3 is 2.49 bits per heavy atom. The van der Waals surface area contributed by atoms with Gasteiger partial charge in [0.15, 0.2) is 11.8 Å². The number of allylic oxidation sites excluding steroid dienone is 2. The first kappa shape index (κ1) is 38.0. The molecular weight excluding hydrogens is 636 g/mol. The van der Waals surface area contributed by atoms with Gasteiger partial charge in [-0.15, -0.1) is 6.58 Å². The largest absolute Gasteiger partial charge is 0.467 e. The number of hydrogen-bond donors (Lipinski definition) is 0. The third-order valence-electron chi connectivity index (χ3n) is 9.61. The number of carbonyl (C=O) groups excluding carboxylic acids is 1. The number of ether oxygens (including phenoxy) is 3. The molecule has 5 rings (SSSR count). The highest BCUT2D eigenvalue weighted by Crippen LogP contribution is 2.40. The molecule has 3 heterocycles. The van der Waals surface area contributed by atoms with E-state index in [1.165, 1.54) is 18.2 Å². The highest BCUT2D eigenvalue weighted by atomic mass is 16.6. The van der Waals surface area contributed by atoms with E-state index in [-0.39, 0.29) is 5.41 Å². The lowest BCUT2D eigenvalue weighted by molar-refractivity contribution is -0.164. The highest BCUT2D eigenvalue weighted by molar-refractivity contribution is 5.81. The van der Waals surface area contributed by atoms with Crippen molar-refractivity contribution in [2.24, 2.45) is 5.41 Å². The Labute approximate surface area is 304 Å². The van der Waals surface area contributed by atoms with E-state index in [2.05, 4.69) is 86.0 Å². The smallest absolute Gasteiger partial charge is 0.339 e. The molecule has 1 atom stereocenters. The Morgan fingerprint density at radius 1 is 1.04 bits per heavy atom. The van der Waals surface area contributed by atoms with Crippen LogP contribution in [0.1, 0.15) is 89.6 Å². The molecule has 2 aromatic carbocycles. The van der Waals surface area contributed by atoms with Gasteiger partial charge in [0.05, 0.1) is 37.2 Å². The standard InChI is InChI=1S/C43H56N4O4/c1-9-11-13-16-27-50-30-43(7)23-25-46(26-24-43)40-38(39(41(48)49-8)51-42(4,5)6)31(3)44-37-29-36(45-47(37)40)34-21-17-20-33(28-34)35-22-15-14-19-32(35)18-12-10-2/h10,13-17,19-22,28-29,39H,2,9,11-12,18,23-27,30H2,1,3-8H3. The van der Waals surface area contributed by atoms with Crippen molar-refractivity contribution in [1.82, 2.24) is 14.6 Å². The summed E-state index contributed by atoms with van der Waals surface area (Å²) < 4.78 is 19.8. The van der Waals surface area contributed by atoms with Crippen LogP contribution in [-0.4, -0.2) is 59.6 Å². The molecule has 0 radical (unpaired) electrons. The molecule has 0 spiro atoms. The van der Waals surface area contributed by atoms with Crippen molar-refractivity contribution in [1.29, 1.82) is 0 Å². The minimum absolute atomic E-state index is 0.0395. The summed E-state index contributed by atoms with van der Waals surface area (Å²) in [6.45, 7) is 19.1. The van der Waals surface area contributed by atoms with E-state index >= 15 is 0 Å². The Morgan fingerprint density at radius 2 is 1.78 bits per heavy atom. The van der Waals surface area contributed by atoms with Gasteiger partial charge in [-0.2, -0.15) is 9.61 Å². The summed E-state index contributed by atoms with van der Waals surface area (Å²) in [5.74, 6) is 0.358. The third kappa shape index (κ3) is 9.35. The molecule has 0 bridgehead atoms. The first-order valence-corrected chi connectivity index (χ1v) is 18.4. The lowest BCUT2D eigenvalue weighted by atomic mass is 9.81. The van der Waals surface area contributed by atoms with E-state index in [1.807, 2.05) is 44.4 Å². The number of aromatic nitrogens is 3. The number of carbonyl (C=O) groups is 1. The van der Waals surface area contributed by atoms with Gasteiger partial charge in [-0.1, -0.05) is 81.0 Å². The maximum absolute atomic E-state index is 13.5. The third-order valence-corrected chi connectivity index (χ3v) is 9.61. The highest BCUT2D eigenvalue weighted by Gasteiger charge is 2.38. The van der Waals surface area contributed by atoms with Gasteiger partial charge in [0.1, 0.15) is 5.82 Å². The van der Waals surface area contributed by atoms with Crippen molar-refractivity contribution in [3.63, 3.8) is 0 Å². The number of benzene rings is 2. The van der Waals surface area contributed by atoms with Crippen LogP contribution in [0.2, 0.25) is 0 Å². The number of piperidine rings is 1. The van der Waals surface area contributed by atoms with E-state index < -0.39 is 17.7 Å². The van der Waals surface area contributed by atoms with E-state index in [0.717, 1.165) is 74.3 Å². The summed E-state index contributed by atoms with van der Waals surface area (Å²) >= 11 is 0. The molecule has 0 N–H and O–H groups in total. The fraction of sp³-hybridized carbons (Fsp3) is 0.465. The van der Waals surface area contributed by atoms with Gasteiger partial charge in [-0.05, 0) is 88.0 Å². The lowest BCUT2D eigenvalue weighted by Crippen LogP contribution is -2.43. The summed E-state index contributed by atoms with van der Waals surface area (Å²) in [5, 5.41) is 5.21. The van der Waals surface area contributed by atoms with Crippen LogP contribution in [0.15, 0.2) is 79.4 Å². The SMILES string of the molecule is C=CCCc1ccccc1-c1cccc(-c2cc3nc(C)c(C(OC(C)(C)C)C(=O)OC)c(N4CCC(C)(COCC=CCCC)CC4)n3n2)c1. The zero-order valence-electron chi connectivity index (χ0n) is 31.7. The molecule has 1 unspecified atom stereocenters. The maximum Gasteiger partial charge on any atom is 0.339 e. The van der Waals surface area contributed by atoms with Crippen LogP contribution in [0.4, 0.5) is 5.82 Å². The molecule has 272 valence electrons. The Kier molecular flexibility index (Phi) is 12.5. The summed E-state index contributed by atoms with van der Waals surface area (Å²) in [6.07, 6.45) is 11.2. The minimum Gasteiger partial charge on any atom is -0.467 e. The fourth-order valence-electron chi connectivity index (χ4n) is 6.80. The van der Waals surface area contributed by atoms with Crippen LogP contribution in [0.25, 0.3) is 28.0 Å². The Balaban J connectivity index is 1.56. The summed E-state index contributed by atoms with van der Waals surface area (Å²) in [7, 11) is 1.40. The monoisotopic (exact) mass is 692 g/mol. The Hall–Kier alpha value is -4.27. The zero-order chi connectivity index (χ0) is 36.6. The molecule has 0 aliphatic carbocycles. The van der Waals surface area contributed by atoms with E-state index in [9.17, 15) is 4.79 Å². The molecule has 1 saturated heterocycles. The molecule has 8 heteroatoms. The van der Waals surface area contributed by atoms with Gasteiger partial charge in [-0.3, -0.25) is 0 Å². The number of nitrogens with zero attached hydrogens (tertiary/aromatic N) is 4. The summed E-state index contributed by atoms with van der Waals surface area (Å²) in [5.41, 5.74) is 6.98. The summed E-state index contributed by atoms with van der Waals surface area (Å²) in [4.78, 5) is 20.8. The molecule has 51 heavy (non-hydrogen) atoms. The van der Waals surface area contributed by atoms with Crippen molar-refractivity contribution >= 4 is 17.4 Å². The van der Waals surface area contributed by atoms with Crippen molar-refractivity contribution in [2.75, 3.05) is 38.3 Å². The quantitative estimate of drug-likeness (QED) is 0.0698. The number of rotatable bonds is 15. The summed E-state index contributed by atoms with van der Waals surface area (Å²) in [6, 6.07) is 19.1. The van der Waals surface area contributed by atoms with Crippen molar-refractivity contribution < 1.29 is 19.0 Å². The number of unbranched alkanes of at least 4 members (excludes halogenated alkanes) is 1. The Bertz CT molecular complexity index is 1830. The average Bonchev–Trinajstić information content (AvgIpc) is 3.54. The van der Waals surface area contributed by atoms with Crippen molar-refractivity contribution in [3.8, 4) is 22.4 Å². The van der Waals surface area contributed by atoms with E-state index in [4.69, 9.17) is 24.3 Å². The molecule has 4 aromatic rings. The van der Waals surface area contributed by atoms with Gasteiger partial charge in [0, 0.05) is 30.4 Å². The van der Waals surface area contributed by atoms with Gasteiger partial charge in [0.25, 0.3) is 0 Å². The first-order valence-electron chi connectivity index (χ1n) is 18.4. The lowest BCUT2D eigenvalue weighted by Gasteiger charge is -2.41. The predicted octanol–water partition coefficient (Wildman–Crippen LogP) is 9.50. The molecule has 0 amide bonds. The van der Waals surface area contributed by atoms with Crippen molar-refractivity contribution in [2.45, 2.75) is 91.8 Å². The maximum atomic E-state index is 13.5. The topological polar surface area (TPSA) is 78.2 Å². The van der Waals surface area contributed by atoms with Crippen LogP contribution in [0.3, 0.4) is 0 Å². The number of esters is 1. The first-order chi connectivity index (χ1) is 24.5. The average molecular weight is 693 g/mol. The predicted molar refractivity (Wildman–Crippen MR) is 207 cm³/mol. The van der Waals surface area contributed by atoms with Crippen LogP contribution in [0.5, 0.6) is 0 Å². The van der Waals surface area contributed by atoms with Gasteiger partial charge in [0.2, 0.25) is 0 Å². The number of aryl methyl sites for hydroxylation is 2. The minimum atomic E-state index is -0.975. The van der Waals surface area contributed by atoms with E-state index in [0.29, 0.717) is 30.1 Å². The molecule has 1 aliphatic rings. The number of fused-ring (bicyclic) bond motifs is 1.